The molecule has 28 heavy (non-hydrogen) atoms. The first-order chi connectivity index (χ1) is 13.7. The second kappa shape index (κ2) is 7.56. The van der Waals surface area contributed by atoms with Gasteiger partial charge in [-0.2, -0.15) is 0 Å². The molecule has 4 rings (SSSR count). The molecule has 2 N–H and O–H groups in total. The number of phenols is 1. The third kappa shape index (κ3) is 3.47. The molecule has 0 amide bonds. The van der Waals surface area contributed by atoms with Gasteiger partial charge in [-0.3, -0.25) is 0 Å². The summed E-state index contributed by atoms with van der Waals surface area (Å²) in [6.45, 7) is 1.92. The maximum absolute atomic E-state index is 11.0. The number of hydrogen-bond acceptors (Lipinski definition) is 5. The number of nitrogens with zero attached hydrogens (tertiary/aromatic N) is 2. The lowest BCUT2D eigenvalue weighted by Crippen LogP contribution is -2.13. The molecule has 0 fully saturated rings. The van der Waals surface area contributed by atoms with Crippen LogP contribution >= 0.6 is 0 Å². The molecular formula is C23H21N3O2. The van der Waals surface area contributed by atoms with Crippen molar-refractivity contribution in [2.24, 2.45) is 0 Å². The van der Waals surface area contributed by atoms with E-state index < -0.39 is 0 Å². The molecule has 0 radical (unpaired) electrons. The van der Waals surface area contributed by atoms with Crippen LogP contribution in [0.4, 0.5) is 5.82 Å². The van der Waals surface area contributed by atoms with Gasteiger partial charge in [0, 0.05) is 22.8 Å². The van der Waals surface area contributed by atoms with Crippen LogP contribution in [0.15, 0.2) is 72.9 Å². The number of fused-ring (bicyclic) bond motifs is 1. The van der Waals surface area contributed by atoms with Crippen molar-refractivity contribution in [2.45, 2.75) is 13.0 Å². The fourth-order valence-electron chi connectivity index (χ4n) is 3.25. The molecule has 0 aliphatic carbocycles. The SMILES string of the molecule is COc1ccc([C@H](Nc2ccccn2)c2ccc3ccc(C)nc3c2O)cc1. The summed E-state index contributed by atoms with van der Waals surface area (Å²) >= 11 is 0. The number of anilines is 1. The van der Waals surface area contributed by atoms with Crippen molar-refractivity contribution in [1.29, 1.82) is 0 Å². The predicted octanol–water partition coefficient (Wildman–Crippen LogP) is 4.85. The molecule has 0 bridgehead atoms. The zero-order chi connectivity index (χ0) is 19.5. The topological polar surface area (TPSA) is 67.3 Å². The highest BCUT2D eigenvalue weighted by Gasteiger charge is 2.20. The van der Waals surface area contributed by atoms with E-state index in [9.17, 15) is 5.11 Å². The number of benzene rings is 2. The molecule has 2 heterocycles. The summed E-state index contributed by atoms with van der Waals surface area (Å²) in [5.41, 5.74) is 3.17. The van der Waals surface area contributed by atoms with Crippen molar-refractivity contribution in [2.75, 3.05) is 12.4 Å². The smallest absolute Gasteiger partial charge is 0.147 e. The van der Waals surface area contributed by atoms with Crippen LogP contribution in [0.5, 0.6) is 11.5 Å². The molecule has 4 aromatic rings. The fraction of sp³-hybridized carbons (Fsp3) is 0.130. The van der Waals surface area contributed by atoms with Crippen LogP contribution in [0.2, 0.25) is 0 Å². The normalized spacial score (nSPS) is 11.9. The molecule has 5 nitrogen and oxygen atoms in total. The van der Waals surface area contributed by atoms with Crippen LogP contribution < -0.4 is 10.1 Å². The summed E-state index contributed by atoms with van der Waals surface area (Å²) in [5.74, 6) is 1.67. The van der Waals surface area contributed by atoms with E-state index in [0.717, 1.165) is 33.8 Å². The van der Waals surface area contributed by atoms with Crippen LogP contribution in [0.25, 0.3) is 10.9 Å². The molecule has 1 atom stereocenters. The monoisotopic (exact) mass is 371 g/mol. The fourth-order valence-corrected chi connectivity index (χ4v) is 3.25. The molecule has 0 saturated heterocycles. The zero-order valence-electron chi connectivity index (χ0n) is 15.8. The lowest BCUT2D eigenvalue weighted by Gasteiger charge is -2.22. The molecular weight excluding hydrogens is 350 g/mol. The van der Waals surface area contributed by atoms with E-state index in [1.807, 2.05) is 73.7 Å². The van der Waals surface area contributed by atoms with Gasteiger partial charge in [0.25, 0.3) is 0 Å². The van der Waals surface area contributed by atoms with Crippen LogP contribution in [-0.4, -0.2) is 22.2 Å². The van der Waals surface area contributed by atoms with E-state index in [1.54, 1.807) is 13.3 Å². The Kier molecular flexibility index (Phi) is 4.81. The van der Waals surface area contributed by atoms with Crippen LogP contribution in [-0.2, 0) is 0 Å². The van der Waals surface area contributed by atoms with Crippen molar-refractivity contribution in [3.05, 3.63) is 89.7 Å². The van der Waals surface area contributed by atoms with Gasteiger partial charge in [0.1, 0.15) is 22.8 Å². The van der Waals surface area contributed by atoms with Crippen molar-refractivity contribution >= 4 is 16.7 Å². The van der Waals surface area contributed by atoms with Gasteiger partial charge in [-0.25, -0.2) is 9.97 Å². The third-order valence-electron chi connectivity index (χ3n) is 4.72. The number of aromatic hydroxyl groups is 1. The zero-order valence-corrected chi connectivity index (χ0v) is 15.8. The minimum atomic E-state index is -0.299. The molecule has 2 aromatic carbocycles. The summed E-state index contributed by atoms with van der Waals surface area (Å²) in [6.07, 6.45) is 1.73. The second-order valence-corrected chi connectivity index (χ2v) is 6.59. The Bertz CT molecular complexity index is 1100. The lowest BCUT2D eigenvalue weighted by molar-refractivity contribution is 0.414. The maximum atomic E-state index is 11.0. The summed E-state index contributed by atoms with van der Waals surface area (Å²) in [5, 5.41) is 15.4. The standard InChI is InChI=1S/C23H21N3O2/c1-15-6-7-17-10-13-19(23(27)22(17)25-15)21(26-20-5-3-4-14-24-20)16-8-11-18(28-2)12-9-16/h3-14,21,27H,1-2H3,(H,24,26)/t21-/m0/s1. The van der Waals surface area contributed by atoms with Gasteiger partial charge in [0.2, 0.25) is 0 Å². The van der Waals surface area contributed by atoms with Crippen LogP contribution in [0.1, 0.15) is 22.9 Å². The first-order valence-corrected chi connectivity index (χ1v) is 9.06. The number of pyridine rings is 2. The molecule has 0 aliphatic heterocycles. The van der Waals surface area contributed by atoms with E-state index >= 15 is 0 Å². The first-order valence-electron chi connectivity index (χ1n) is 9.06. The Morgan fingerprint density at radius 1 is 0.964 bits per heavy atom. The molecule has 5 heteroatoms. The maximum Gasteiger partial charge on any atom is 0.147 e. The van der Waals surface area contributed by atoms with E-state index in [0.29, 0.717) is 5.52 Å². The Hall–Kier alpha value is -3.60. The molecule has 2 aromatic heterocycles. The number of ether oxygens (including phenoxy) is 1. The van der Waals surface area contributed by atoms with Gasteiger partial charge in [-0.1, -0.05) is 36.4 Å². The largest absolute Gasteiger partial charge is 0.505 e. The van der Waals surface area contributed by atoms with Crippen LogP contribution in [0.3, 0.4) is 0 Å². The Labute approximate surface area is 163 Å². The van der Waals surface area contributed by atoms with Crippen LogP contribution in [0, 0.1) is 6.92 Å². The Morgan fingerprint density at radius 3 is 2.46 bits per heavy atom. The minimum absolute atomic E-state index is 0.172. The van der Waals surface area contributed by atoms with Gasteiger partial charge in [-0.05, 0) is 42.8 Å². The van der Waals surface area contributed by atoms with E-state index in [1.165, 1.54) is 0 Å². The summed E-state index contributed by atoms with van der Waals surface area (Å²) < 4.78 is 5.28. The number of hydrogen-bond donors (Lipinski definition) is 2. The minimum Gasteiger partial charge on any atom is -0.505 e. The highest BCUT2D eigenvalue weighted by atomic mass is 16.5. The molecule has 0 spiro atoms. The van der Waals surface area contributed by atoms with Crippen molar-refractivity contribution < 1.29 is 9.84 Å². The predicted molar refractivity (Wildman–Crippen MR) is 111 cm³/mol. The summed E-state index contributed by atoms with van der Waals surface area (Å²) in [6, 6.07) is 21.0. The number of aromatic nitrogens is 2. The van der Waals surface area contributed by atoms with Crippen molar-refractivity contribution in [1.82, 2.24) is 9.97 Å². The highest BCUT2D eigenvalue weighted by molar-refractivity contribution is 5.86. The average molecular weight is 371 g/mol. The highest BCUT2D eigenvalue weighted by Crippen LogP contribution is 2.36. The van der Waals surface area contributed by atoms with Gasteiger partial charge in [0.15, 0.2) is 0 Å². The number of phenolic OH excluding ortho intramolecular Hbond substituents is 1. The number of rotatable bonds is 5. The number of nitrogens with one attached hydrogen (secondary N) is 1. The summed E-state index contributed by atoms with van der Waals surface area (Å²) in [4.78, 5) is 8.91. The van der Waals surface area contributed by atoms with Gasteiger partial charge in [0.05, 0.1) is 13.2 Å². The quantitative estimate of drug-likeness (QED) is 0.525. The third-order valence-corrected chi connectivity index (χ3v) is 4.72. The van der Waals surface area contributed by atoms with E-state index in [-0.39, 0.29) is 11.8 Å². The molecule has 0 unspecified atom stereocenters. The Morgan fingerprint density at radius 2 is 1.75 bits per heavy atom. The van der Waals surface area contributed by atoms with Crippen molar-refractivity contribution in [3.8, 4) is 11.5 Å². The van der Waals surface area contributed by atoms with Gasteiger partial charge >= 0.3 is 0 Å². The Balaban J connectivity index is 1.84. The van der Waals surface area contributed by atoms with E-state index in [2.05, 4.69) is 15.3 Å². The average Bonchev–Trinajstić information content (AvgIpc) is 2.74. The first kappa shape index (κ1) is 17.8. The molecule has 0 saturated carbocycles. The molecule has 140 valence electrons. The van der Waals surface area contributed by atoms with Gasteiger partial charge in [-0.15, -0.1) is 0 Å². The molecule has 0 aliphatic rings. The number of methoxy groups -OCH3 is 1. The summed E-state index contributed by atoms with van der Waals surface area (Å²) in [7, 11) is 1.64. The lowest BCUT2D eigenvalue weighted by atomic mass is 9.96. The van der Waals surface area contributed by atoms with Crippen molar-refractivity contribution in [3.63, 3.8) is 0 Å². The second-order valence-electron chi connectivity index (χ2n) is 6.59. The number of aryl methyl sites for hydroxylation is 1. The van der Waals surface area contributed by atoms with Gasteiger partial charge < -0.3 is 15.2 Å². The van der Waals surface area contributed by atoms with E-state index in [4.69, 9.17) is 4.74 Å².